The molecule has 8 heteroatoms. The molecule has 6 nitrogen and oxygen atoms in total. The van der Waals surface area contributed by atoms with Crippen LogP contribution >= 0.6 is 0 Å². The number of anilines is 1. The maximum atomic E-state index is 13.1. The van der Waals surface area contributed by atoms with Gasteiger partial charge in [0.15, 0.2) is 0 Å². The molecule has 26 heavy (non-hydrogen) atoms. The van der Waals surface area contributed by atoms with Crippen LogP contribution in [0, 0.1) is 12.7 Å². The number of hydrogen-bond acceptors (Lipinski definition) is 4. The third kappa shape index (κ3) is 3.92. The van der Waals surface area contributed by atoms with Crippen LogP contribution < -0.4 is 5.32 Å². The Bertz CT molecular complexity index is 907. The maximum Gasteiger partial charge on any atom is 0.255 e. The Morgan fingerprint density at radius 1 is 1.12 bits per heavy atom. The van der Waals surface area contributed by atoms with Crippen LogP contribution in [0.25, 0.3) is 0 Å². The van der Waals surface area contributed by atoms with E-state index in [2.05, 4.69) is 5.32 Å². The molecular formula is C18H19FN2O4S. The van der Waals surface area contributed by atoms with Crippen molar-refractivity contribution in [1.82, 2.24) is 4.31 Å². The van der Waals surface area contributed by atoms with E-state index in [1.54, 1.807) is 6.92 Å². The minimum atomic E-state index is -3.59. The number of sulfonamides is 1. The lowest BCUT2D eigenvalue weighted by Gasteiger charge is -2.26. The number of morpholine rings is 1. The Hall–Kier alpha value is -2.29. The van der Waals surface area contributed by atoms with Gasteiger partial charge in [0.25, 0.3) is 5.91 Å². The van der Waals surface area contributed by atoms with Gasteiger partial charge in [-0.1, -0.05) is 0 Å². The minimum Gasteiger partial charge on any atom is -0.379 e. The summed E-state index contributed by atoms with van der Waals surface area (Å²) in [6.45, 7) is 3.06. The fourth-order valence-corrected chi connectivity index (χ4v) is 4.08. The van der Waals surface area contributed by atoms with Crippen LogP contribution in [-0.4, -0.2) is 44.9 Å². The van der Waals surface area contributed by atoms with E-state index >= 15 is 0 Å². The molecule has 0 spiro atoms. The number of rotatable bonds is 4. The van der Waals surface area contributed by atoms with Crippen LogP contribution in [0.1, 0.15) is 15.9 Å². The number of carbonyl (C=O) groups is 1. The van der Waals surface area contributed by atoms with Crippen LogP contribution in [0.3, 0.4) is 0 Å². The summed E-state index contributed by atoms with van der Waals surface area (Å²) in [5.74, 6) is -0.770. The van der Waals surface area contributed by atoms with E-state index in [1.807, 2.05) is 0 Å². The lowest BCUT2D eigenvalue weighted by molar-refractivity contribution is 0.0730. The monoisotopic (exact) mass is 378 g/mol. The van der Waals surface area contributed by atoms with Crippen LogP contribution in [0.2, 0.25) is 0 Å². The molecular weight excluding hydrogens is 359 g/mol. The molecule has 1 heterocycles. The number of benzene rings is 2. The average Bonchev–Trinajstić information content (AvgIpc) is 2.65. The summed E-state index contributed by atoms with van der Waals surface area (Å²) in [7, 11) is -3.59. The largest absolute Gasteiger partial charge is 0.379 e. The molecule has 2 aromatic carbocycles. The Morgan fingerprint density at radius 3 is 2.38 bits per heavy atom. The zero-order valence-corrected chi connectivity index (χ0v) is 15.1. The molecule has 0 aromatic heterocycles. The van der Waals surface area contributed by atoms with Gasteiger partial charge in [0.1, 0.15) is 5.82 Å². The molecule has 2 aromatic rings. The maximum absolute atomic E-state index is 13.1. The van der Waals surface area contributed by atoms with Gasteiger partial charge < -0.3 is 10.1 Å². The first kappa shape index (κ1) is 18.5. The number of carbonyl (C=O) groups excluding carboxylic acids is 1. The second-order valence-corrected chi connectivity index (χ2v) is 7.89. The van der Waals surface area contributed by atoms with Gasteiger partial charge in [-0.2, -0.15) is 4.31 Å². The predicted molar refractivity (Wildman–Crippen MR) is 95.1 cm³/mol. The van der Waals surface area contributed by atoms with E-state index in [4.69, 9.17) is 4.74 Å². The summed E-state index contributed by atoms with van der Waals surface area (Å²) in [5.41, 5.74) is 1.42. The lowest BCUT2D eigenvalue weighted by atomic mass is 10.1. The first-order valence-electron chi connectivity index (χ1n) is 8.13. The van der Waals surface area contributed by atoms with Crippen molar-refractivity contribution in [1.29, 1.82) is 0 Å². The highest BCUT2D eigenvalue weighted by molar-refractivity contribution is 7.89. The van der Waals surface area contributed by atoms with Gasteiger partial charge in [-0.15, -0.1) is 0 Å². The Morgan fingerprint density at radius 2 is 1.77 bits per heavy atom. The SMILES string of the molecule is Cc1cc(F)ccc1NC(=O)c1ccc(S(=O)(=O)N2CCOCC2)cc1. The Kier molecular flexibility index (Phi) is 5.36. The molecule has 0 aliphatic carbocycles. The predicted octanol–water partition coefficient (Wildman–Crippen LogP) is 2.41. The number of halogens is 1. The lowest BCUT2D eigenvalue weighted by Crippen LogP contribution is -2.40. The molecule has 0 unspecified atom stereocenters. The highest BCUT2D eigenvalue weighted by Gasteiger charge is 2.26. The van der Waals surface area contributed by atoms with Crippen LogP contribution in [0.5, 0.6) is 0 Å². The van der Waals surface area contributed by atoms with E-state index in [0.717, 1.165) is 0 Å². The molecule has 1 N–H and O–H groups in total. The summed E-state index contributed by atoms with van der Waals surface area (Å²) in [5, 5.41) is 2.69. The third-order valence-corrected chi connectivity index (χ3v) is 6.07. The summed E-state index contributed by atoms with van der Waals surface area (Å²) < 4.78 is 44.8. The molecule has 3 rings (SSSR count). The van der Waals surface area contributed by atoms with E-state index in [1.165, 1.54) is 46.8 Å². The van der Waals surface area contributed by atoms with Crippen molar-refractivity contribution in [3.05, 3.63) is 59.4 Å². The van der Waals surface area contributed by atoms with E-state index < -0.39 is 15.9 Å². The zero-order chi connectivity index (χ0) is 18.7. The summed E-state index contributed by atoms with van der Waals surface area (Å²) >= 11 is 0. The van der Waals surface area contributed by atoms with Crippen LogP contribution in [0.4, 0.5) is 10.1 Å². The molecule has 1 saturated heterocycles. The molecule has 0 saturated carbocycles. The highest BCUT2D eigenvalue weighted by Crippen LogP contribution is 2.20. The zero-order valence-electron chi connectivity index (χ0n) is 14.2. The quantitative estimate of drug-likeness (QED) is 0.887. The van der Waals surface area contributed by atoms with Gasteiger partial charge in [0, 0.05) is 24.3 Å². The van der Waals surface area contributed by atoms with Gasteiger partial charge in [0.2, 0.25) is 10.0 Å². The number of amides is 1. The molecule has 1 aliphatic heterocycles. The molecule has 138 valence electrons. The summed E-state index contributed by atoms with van der Waals surface area (Å²) in [4.78, 5) is 12.5. The molecule has 1 amide bonds. The van der Waals surface area contributed by atoms with Crippen molar-refractivity contribution in [3.8, 4) is 0 Å². The standard InChI is InChI=1S/C18H19FN2O4S/c1-13-12-15(19)4-7-17(13)20-18(22)14-2-5-16(6-3-14)26(23,24)21-8-10-25-11-9-21/h2-7,12H,8-11H2,1H3,(H,20,22). The third-order valence-electron chi connectivity index (χ3n) is 4.16. The number of nitrogens with zero attached hydrogens (tertiary/aromatic N) is 1. The Labute approximate surface area is 151 Å². The van der Waals surface area contributed by atoms with Crippen molar-refractivity contribution in [2.45, 2.75) is 11.8 Å². The normalized spacial score (nSPS) is 15.6. The van der Waals surface area contributed by atoms with Gasteiger partial charge in [-0.25, -0.2) is 12.8 Å². The first-order chi connectivity index (χ1) is 12.4. The van der Waals surface area contributed by atoms with Gasteiger partial charge in [0.05, 0.1) is 18.1 Å². The fourth-order valence-electron chi connectivity index (χ4n) is 2.68. The van der Waals surface area contributed by atoms with Crippen molar-refractivity contribution < 1.29 is 22.3 Å². The van der Waals surface area contributed by atoms with Gasteiger partial charge >= 0.3 is 0 Å². The van der Waals surface area contributed by atoms with E-state index in [-0.39, 0.29) is 10.7 Å². The minimum absolute atomic E-state index is 0.133. The van der Waals surface area contributed by atoms with Gasteiger partial charge in [-0.05, 0) is 55.0 Å². The number of hydrogen-bond donors (Lipinski definition) is 1. The summed E-state index contributed by atoms with van der Waals surface area (Å²) in [6, 6.07) is 9.82. The molecule has 0 atom stereocenters. The molecule has 0 bridgehead atoms. The second kappa shape index (κ2) is 7.53. The van der Waals surface area contributed by atoms with Crippen molar-refractivity contribution in [3.63, 3.8) is 0 Å². The Balaban J connectivity index is 1.75. The highest BCUT2D eigenvalue weighted by atomic mass is 32.2. The van der Waals surface area contributed by atoms with Crippen molar-refractivity contribution in [2.75, 3.05) is 31.6 Å². The molecule has 0 radical (unpaired) electrons. The smallest absolute Gasteiger partial charge is 0.255 e. The number of aryl methyl sites for hydroxylation is 1. The van der Waals surface area contributed by atoms with Crippen molar-refractivity contribution in [2.24, 2.45) is 0 Å². The number of ether oxygens (including phenoxy) is 1. The topological polar surface area (TPSA) is 75.7 Å². The van der Waals surface area contributed by atoms with Crippen LogP contribution in [0.15, 0.2) is 47.4 Å². The van der Waals surface area contributed by atoms with E-state index in [9.17, 15) is 17.6 Å². The average molecular weight is 378 g/mol. The van der Waals surface area contributed by atoms with Gasteiger partial charge in [-0.3, -0.25) is 4.79 Å². The van der Waals surface area contributed by atoms with Crippen molar-refractivity contribution >= 4 is 21.6 Å². The second-order valence-electron chi connectivity index (χ2n) is 5.95. The molecule has 1 fully saturated rings. The molecule has 1 aliphatic rings. The fraction of sp³-hybridized carbons (Fsp3) is 0.278. The first-order valence-corrected chi connectivity index (χ1v) is 9.57. The van der Waals surface area contributed by atoms with E-state index in [0.29, 0.717) is 43.1 Å². The number of nitrogens with one attached hydrogen (secondary N) is 1. The van der Waals surface area contributed by atoms with Crippen LogP contribution in [-0.2, 0) is 14.8 Å². The summed E-state index contributed by atoms with van der Waals surface area (Å²) in [6.07, 6.45) is 0.